The largest absolute Gasteiger partial charge is 0.461 e. The Morgan fingerprint density at radius 1 is 1.45 bits per heavy atom. The Labute approximate surface area is 78.8 Å². The molecule has 0 radical (unpaired) electrons. The van der Waals surface area contributed by atoms with Crippen LogP contribution in [0.1, 0.15) is 12.8 Å². The van der Waals surface area contributed by atoms with Crippen molar-refractivity contribution in [3.05, 3.63) is 0 Å². The Hall–Kier alpha value is 0.200. The lowest BCUT2D eigenvalue weighted by atomic mass is 9.90. The maximum atomic E-state index is 11.2. The van der Waals surface area contributed by atoms with Gasteiger partial charge in [0.05, 0.1) is 9.84 Å². The van der Waals surface area contributed by atoms with Crippen LogP contribution in [0.3, 0.4) is 0 Å². The lowest BCUT2D eigenvalue weighted by Crippen LogP contribution is -2.26. The lowest BCUT2D eigenvalue weighted by molar-refractivity contribution is -0.143. The number of esters is 1. The fourth-order valence-electron chi connectivity index (χ4n) is 2.88. The molecular formula is C8H9IO2. The van der Waals surface area contributed by atoms with E-state index >= 15 is 0 Å². The summed E-state index contributed by atoms with van der Waals surface area (Å²) in [6, 6.07) is 0. The van der Waals surface area contributed by atoms with Crippen LogP contribution in [0.15, 0.2) is 0 Å². The number of alkyl halides is 1. The molecule has 0 spiro atoms. The molecule has 5 atom stereocenters. The molecular weight excluding hydrogens is 255 g/mol. The molecule has 2 nitrogen and oxygen atoms in total. The third kappa shape index (κ3) is 0.661. The Morgan fingerprint density at radius 2 is 2.27 bits per heavy atom. The van der Waals surface area contributed by atoms with Gasteiger partial charge in [0.1, 0.15) is 6.10 Å². The summed E-state index contributed by atoms with van der Waals surface area (Å²) in [6.45, 7) is 0. The van der Waals surface area contributed by atoms with Crippen molar-refractivity contribution >= 4 is 28.6 Å². The van der Waals surface area contributed by atoms with Crippen LogP contribution in [0.4, 0.5) is 0 Å². The molecule has 0 unspecified atom stereocenters. The van der Waals surface area contributed by atoms with E-state index in [2.05, 4.69) is 22.6 Å². The normalized spacial score (nSPS) is 58.6. The van der Waals surface area contributed by atoms with Gasteiger partial charge in [-0.3, -0.25) is 4.79 Å². The minimum absolute atomic E-state index is 0.0849. The van der Waals surface area contributed by atoms with Gasteiger partial charge in [-0.15, -0.1) is 0 Å². The van der Waals surface area contributed by atoms with Crippen molar-refractivity contribution < 1.29 is 9.53 Å². The number of rotatable bonds is 0. The van der Waals surface area contributed by atoms with E-state index in [9.17, 15) is 4.79 Å². The Bertz CT molecular complexity index is 228. The van der Waals surface area contributed by atoms with E-state index in [-0.39, 0.29) is 18.0 Å². The van der Waals surface area contributed by atoms with Gasteiger partial charge in [0.15, 0.2) is 0 Å². The molecule has 0 N–H and O–H groups in total. The van der Waals surface area contributed by atoms with E-state index in [0.717, 1.165) is 12.3 Å². The van der Waals surface area contributed by atoms with E-state index in [0.29, 0.717) is 9.84 Å². The summed E-state index contributed by atoms with van der Waals surface area (Å²) in [5.41, 5.74) is 0. The standard InChI is InChI=1S/C8H9IO2/c9-6-3-1-4-5(2-3)8(10)11-7(4)6/h3-7H,1-2H2/t3-,4+,5-,6-,7-/m0/s1. The first kappa shape index (κ1) is 6.69. The van der Waals surface area contributed by atoms with Gasteiger partial charge < -0.3 is 4.74 Å². The van der Waals surface area contributed by atoms with Crippen molar-refractivity contribution in [3.8, 4) is 0 Å². The Balaban J connectivity index is 2.04. The first-order chi connectivity index (χ1) is 5.27. The van der Waals surface area contributed by atoms with Crippen molar-refractivity contribution in [2.45, 2.75) is 22.9 Å². The van der Waals surface area contributed by atoms with E-state index in [4.69, 9.17) is 4.74 Å². The van der Waals surface area contributed by atoms with Crippen LogP contribution in [0.25, 0.3) is 0 Å². The molecule has 1 heterocycles. The molecule has 2 bridgehead atoms. The molecule has 3 heteroatoms. The van der Waals surface area contributed by atoms with Crippen molar-refractivity contribution in [1.82, 2.24) is 0 Å². The second-order valence-electron chi connectivity index (χ2n) is 3.85. The van der Waals surface area contributed by atoms with Crippen molar-refractivity contribution in [2.24, 2.45) is 17.8 Å². The highest BCUT2D eigenvalue weighted by Gasteiger charge is 2.60. The van der Waals surface area contributed by atoms with Gasteiger partial charge in [0.25, 0.3) is 0 Å². The van der Waals surface area contributed by atoms with E-state index in [1.807, 2.05) is 0 Å². The Morgan fingerprint density at radius 3 is 2.91 bits per heavy atom. The maximum Gasteiger partial charge on any atom is 0.309 e. The predicted molar refractivity (Wildman–Crippen MR) is 47.4 cm³/mol. The molecule has 3 aliphatic rings. The SMILES string of the molecule is O=C1O[C@@H]2[C@@H](I)[C@H]3C[C@@H]2[C@@H]1C3. The summed E-state index contributed by atoms with van der Waals surface area (Å²) in [4.78, 5) is 11.2. The van der Waals surface area contributed by atoms with Crippen LogP contribution in [0, 0.1) is 17.8 Å². The predicted octanol–water partition coefficient (Wildman–Crippen LogP) is 1.37. The topological polar surface area (TPSA) is 26.3 Å². The van der Waals surface area contributed by atoms with Crippen molar-refractivity contribution in [1.29, 1.82) is 0 Å². The number of carbonyl (C=O) groups is 1. The number of hydrogen-bond acceptors (Lipinski definition) is 2. The van der Waals surface area contributed by atoms with Crippen molar-refractivity contribution in [3.63, 3.8) is 0 Å². The number of ether oxygens (including phenoxy) is 1. The van der Waals surface area contributed by atoms with E-state index in [1.54, 1.807) is 0 Å². The fraction of sp³-hybridized carbons (Fsp3) is 0.875. The molecule has 11 heavy (non-hydrogen) atoms. The van der Waals surface area contributed by atoms with Crippen LogP contribution >= 0.6 is 22.6 Å². The summed E-state index contributed by atoms with van der Waals surface area (Å²) in [5.74, 6) is 1.74. The highest BCUT2D eigenvalue weighted by molar-refractivity contribution is 14.1. The molecule has 0 amide bonds. The average molecular weight is 264 g/mol. The first-order valence-electron chi connectivity index (χ1n) is 4.12. The summed E-state index contributed by atoms with van der Waals surface area (Å²) in [6.07, 6.45) is 2.63. The number of carbonyl (C=O) groups excluding carboxylic acids is 1. The van der Waals surface area contributed by atoms with Crippen LogP contribution in [0.5, 0.6) is 0 Å². The molecule has 2 aliphatic carbocycles. The highest BCUT2D eigenvalue weighted by Crippen LogP contribution is 2.56. The van der Waals surface area contributed by atoms with Crippen LogP contribution in [-0.2, 0) is 9.53 Å². The van der Waals surface area contributed by atoms with Gasteiger partial charge >= 0.3 is 5.97 Å². The zero-order chi connectivity index (χ0) is 7.59. The second-order valence-corrected chi connectivity index (χ2v) is 5.29. The zero-order valence-corrected chi connectivity index (χ0v) is 8.15. The second kappa shape index (κ2) is 1.92. The van der Waals surface area contributed by atoms with Gasteiger partial charge in [0, 0.05) is 5.92 Å². The number of hydrogen-bond donors (Lipinski definition) is 0. The monoisotopic (exact) mass is 264 g/mol. The summed E-state index contributed by atoms with van der Waals surface area (Å²) >= 11 is 2.45. The van der Waals surface area contributed by atoms with Crippen LogP contribution < -0.4 is 0 Å². The molecule has 0 aromatic carbocycles. The maximum absolute atomic E-state index is 11.2. The van der Waals surface area contributed by atoms with Gasteiger partial charge in [-0.25, -0.2) is 0 Å². The van der Waals surface area contributed by atoms with Gasteiger partial charge in [-0.1, -0.05) is 22.6 Å². The van der Waals surface area contributed by atoms with Crippen molar-refractivity contribution in [2.75, 3.05) is 0 Å². The summed E-state index contributed by atoms with van der Waals surface area (Å²) in [7, 11) is 0. The molecule has 0 aromatic heterocycles. The minimum Gasteiger partial charge on any atom is -0.461 e. The Kier molecular flexibility index (Phi) is 1.17. The third-order valence-electron chi connectivity index (χ3n) is 3.39. The minimum atomic E-state index is 0.0849. The molecule has 60 valence electrons. The third-order valence-corrected chi connectivity index (χ3v) is 5.12. The van der Waals surface area contributed by atoms with Crippen LogP contribution in [-0.4, -0.2) is 16.0 Å². The number of fused-ring (bicyclic) bond motifs is 1. The summed E-state index contributed by atoms with van der Waals surface area (Å²) < 4.78 is 5.92. The van der Waals surface area contributed by atoms with Crippen LogP contribution in [0.2, 0.25) is 0 Å². The van der Waals surface area contributed by atoms with E-state index < -0.39 is 0 Å². The summed E-state index contributed by atoms with van der Waals surface area (Å²) in [5, 5.41) is 0. The lowest BCUT2D eigenvalue weighted by Gasteiger charge is -2.19. The molecule has 3 fully saturated rings. The average Bonchev–Trinajstić information content (AvgIpc) is 2.53. The zero-order valence-electron chi connectivity index (χ0n) is 6.00. The van der Waals surface area contributed by atoms with Gasteiger partial charge in [0.2, 0.25) is 0 Å². The highest BCUT2D eigenvalue weighted by atomic mass is 127. The molecule has 1 aliphatic heterocycles. The molecule has 1 saturated heterocycles. The smallest absolute Gasteiger partial charge is 0.309 e. The molecule has 0 aromatic rings. The molecule has 3 rings (SSSR count). The molecule has 2 saturated carbocycles. The number of halogens is 1. The first-order valence-corrected chi connectivity index (χ1v) is 5.36. The quantitative estimate of drug-likeness (QED) is 0.375. The van der Waals surface area contributed by atoms with E-state index in [1.165, 1.54) is 6.42 Å². The fourth-order valence-corrected chi connectivity index (χ4v) is 4.15. The van der Waals surface area contributed by atoms with Gasteiger partial charge in [-0.05, 0) is 18.8 Å². The van der Waals surface area contributed by atoms with Gasteiger partial charge in [-0.2, -0.15) is 0 Å².